The minimum absolute atomic E-state index is 0.897. The average Bonchev–Trinajstić information content (AvgIpc) is 2.57. The third-order valence-electron chi connectivity index (χ3n) is 1.12. The van der Waals surface area contributed by atoms with Crippen LogP contribution in [-0.4, -0.2) is 28.2 Å². The predicted octanol–water partition coefficient (Wildman–Crippen LogP) is 1.87. The van der Waals surface area contributed by atoms with Gasteiger partial charge in [-0.1, -0.05) is 17.4 Å². The molecule has 12 heavy (non-hydrogen) atoms. The topological polar surface area (TPSA) is 37.8 Å². The van der Waals surface area contributed by atoms with Crippen LogP contribution in [0.3, 0.4) is 0 Å². The molecule has 0 radical (unpaired) electrons. The summed E-state index contributed by atoms with van der Waals surface area (Å²) in [5, 5.41) is 11.7. The fourth-order valence-corrected chi connectivity index (χ4v) is 1.70. The highest BCUT2D eigenvalue weighted by molar-refractivity contribution is 7.99. The largest absolute Gasteiger partial charge is 0.359 e. The molecule has 0 bridgehead atoms. The van der Waals surface area contributed by atoms with Crippen LogP contribution in [0.2, 0.25) is 0 Å². The summed E-state index contributed by atoms with van der Waals surface area (Å²) < 4.78 is 0. The normalized spacial score (nSPS) is 9.67. The Labute approximate surface area is 80.3 Å². The van der Waals surface area contributed by atoms with Gasteiger partial charge in [-0.3, -0.25) is 0 Å². The smallest absolute Gasteiger partial charge is 0.205 e. The summed E-state index contributed by atoms with van der Waals surface area (Å²) in [6, 6.07) is 0. The second-order valence-corrected chi connectivity index (χ2v) is 4.02. The number of nitrogens with one attached hydrogen (secondary N) is 1. The third kappa shape index (κ3) is 3.73. The molecule has 3 nitrogen and oxygen atoms in total. The molecule has 1 N–H and O–H groups in total. The molecule has 1 aromatic rings. The average molecular weight is 201 g/mol. The van der Waals surface area contributed by atoms with Crippen molar-refractivity contribution in [2.75, 3.05) is 23.4 Å². The van der Waals surface area contributed by atoms with Crippen molar-refractivity contribution in [2.24, 2.45) is 0 Å². The Bertz CT molecular complexity index is 210. The lowest BCUT2D eigenvalue weighted by atomic mass is 10.7. The molecule has 0 unspecified atom stereocenters. The Morgan fingerprint density at radius 3 is 3.33 bits per heavy atom. The zero-order chi connectivity index (χ0) is 8.65. The van der Waals surface area contributed by atoms with Gasteiger partial charge in [-0.2, -0.15) is 11.8 Å². The van der Waals surface area contributed by atoms with E-state index in [9.17, 15) is 0 Å². The maximum Gasteiger partial charge on any atom is 0.205 e. The van der Waals surface area contributed by atoms with Crippen LogP contribution in [0, 0.1) is 0 Å². The number of nitrogens with zero attached hydrogens (tertiary/aromatic N) is 2. The molecule has 1 aromatic heterocycles. The van der Waals surface area contributed by atoms with E-state index in [1.54, 1.807) is 5.51 Å². The first kappa shape index (κ1) is 9.54. The molecule has 0 atom stereocenters. The lowest BCUT2D eigenvalue weighted by Crippen LogP contribution is -2.03. The molecule has 0 saturated carbocycles. The monoisotopic (exact) mass is 201 g/mol. The fraction of sp³-hybridized carbons (Fsp3) is 0.429. The van der Waals surface area contributed by atoms with Gasteiger partial charge < -0.3 is 5.32 Å². The van der Waals surface area contributed by atoms with Crippen LogP contribution in [0.4, 0.5) is 5.13 Å². The Balaban J connectivity index is 2.00. The van der Waals surface area contributed by atoms with Gasteiger partial charge in [0.1, 0.15) is 5.51 Å². The zero-order valence-corrected chi connectivity index (χ0v) is 8.33. The minimum atomic E-state index is 0.897. The maximum absolute atomic E-state index is 3.86. The van der Waals surface area contributed by atoms with Gasteiger partial charge >= 0.3 is 0 Å². The Kier molecular flexibility index (Phi) is 4.79. The third-order valence-corrected chi connectivity index (χ3v) is 2.73. The van der Waals surface area contributed by atoms with Crippen molar-refractivity contribution in [3.05, 3.63) is 18.2 Å². The molecular weight excluding hydrogens is 190 g/mol. The van der Waals surface area contributed by atoms with Gasteiger partial charge in [-0.05, 0) is 0 Å². The van der Waals surface area contributed by atoms with E-state index >= 15 is 0 Å². The highest BCUT2D eigenvalue weighted by Crippen LogP contribution is 2.08. The Morgan fingerprint density at radius 2 is 2.67 bits per heavy atom. The number of thioether (sulfide) groups is 1. The van der Waals surface area contributed by atoms with Crippen molar-refractivity contribution < 1.29 is 0 Å². The molecule has 0 fully saturated rings. The standard InChI is InChI=1S/C7H11N3S2/c1-2-4-11-5-3-8-7-10-9-6-12-7/h2,6H,1,3-5H2,(H,8,10). The molecular formula is C7H11N3S2. The number of rotatable bonds is 6. The molecule has 0 spiro atoms. The van der Waals surface area contributed by atoms with E-state index < -0.39 is 0 Å². The summed E-state index contributed by atoms with van der Waals surface area (Å²) in [4.78, 5) is 0. The molecule has 0 aliphatic carbocycles. The van der Waals surface area contributed by atoms with Gasteiger partial charge in [0, 0.05) is 18.1 Å². The molecule has 1 heterocycles. The molecule has 0 amide bonds. The quantitative estimate of drug-likeness (QED) is 0.563. The molecule has 0 aliphatic heterocycles. The van der Waals surface area contributed by atoms with Crippen molar-refractivity contribution >= 4 is 28.2 Å². The van der Waals surface area contributed by atoms with E-state index in [0.717, 1.165) is 23.2 Å². The van der Waals surface area contributed by atoms with Crippen LogP contribution >= 0.6 is 23.1 Å². The summed E-state index contributed by atoms with van der Waals surface area (Å²) in [7, 11) is 0. The van der Waals surface area contributed by atoms with Gasteiger partial charge in [0.25, 0.3) is 0 Å². The molecule has 66 valence electrons. The van der Waals surface area contributed by atoms with Crippen LogP contribution in [0.5, 0.6) is 0 Å². The first-order valence-electron chi connectivity index (χ1n) is 3.62. The summed E-state index contributed by atoms with van der Waals surface area (Å²) in [5.41, 5.74) is 1.72. The van der Waals surface area contributed by atoms with E-state index in [1.165, 1.54) is 11.3 Å². The van der Waals surface area contributed by atoms with Gasteiger partial charge in [-0.15, -0.1) is 16.8 Å². The van der Waals surface area contributed by atoms with E-state index in [4.69, 9.17) is 0 Å². The number of anilines is 1. The van der Waals surface area contributed by atoms with Gasteiger partial charge in [0.15, 0.2) is 0 Å². The second-order valence-electron chi connectivity index (χ2n) is 2.03. The first-order valence-corrected chi connectivity index (χ1v) is 5.65. The van der Waals surface area contributed by atoms with Crippen molar-refractivity contribution in [1.82, 2.24) is 10.2 Å². The summed E-state index contributed by atoms with van der Waals surface area (Å²) in [6.45, 7) is 4.58. The lowest BCUT2D eigenvalue weighted by Gasteiger charge is -1.99. The van der Waals surface area contributed by atoms with E-state index in [2.05, 4.69) is 22.1 Å². The highest BCUT2D eigenvalue weighted by Gasteiger charge is 1.92. The van der Waals surface area contributed by atoms with Crippen molar-refractivity contribution in [1.29, 1.82) is 0 Å². The Hall–Kier alpha value is -0.550. The molecule has 1 rings (SSSR count). The SMILES string of the molecule is C=CCSCCNc1nncs1. The van der Waals surface area contributed by atoms with Crippen molar-refractivity contribution in [3.8, 4) is 0 Å². The zero-order valence-electron chi connectivity index (χ0n) is 6.69. The van der Waals surface area contributed by atoms with E-state index in [0.29, 0.717) is 0 Å². The fourth-order valence-electron chi connectivity index (χ4n) is 0.647. The first-order chi connectivity index (χ1) is 5.93. The van der Waals surface area contributed by atoms with Crippen molar-refractivity contribution in [3.63, 3.8) is 0 Å². The maximum atomic E-state index is 3.86. The van der Waals surface area contributed by atoms with Crippen LogP contribution in [0.15, 0.2) is 18.2 Å². The molecule has 0 aromatic carbocycles. The summed E-state index contributed by atoms with van der Waals surface area (Å²) >= 11 is 3.37. The minimum Gasteiger partial charge on any atom is -0.359 e. The summed E-state index contributed by atoms with van der Waals surface area (Å²) in [5.74, 6) is 2.09. The number of hydrogen-bond acceptors (Lipinski definition) is 5. The summed E-state index contributed by atoms with van der Waals surface area (Å²) in [6.07, 6.45) is 1.91. The molecule has 0 saturated heterocycles. The number of hydrogen-bond donors (Lipinski definition) is 1. The molecule has 5 heteroatoms. The lowest BCUT2D eigenvalue weighted by molar-refractivity contribution is 1.07. The van der Waals surface area contributed by atoms with Crippen molar-refractivity contribution in [2.45, 2.75) is 0 Å². The predicted molar refractivity (Wildman–Crippen MR) is 55.9 cm³/mol. The van der Waals surface area contributed by atoms with Crippen LogP contribution in [0.25, 0.3) is 0 Å². The van der Waals surface area contributed by atoms with Crippen LogP contribution in [-0.2, 0) is 0 Å². The molecule has 0 aliphatic rings. The van der Waals surface area contributed by atoms with E-state index in [-0.39, 0.29) is 0 Å². The van der Waals surface area contributed by atoms with Gasteiger partial charge in [0.05, 0.1) is 0 Å². The van der Waals surface area contributed by atoms with Gasteiger partial charge in [-0.25, -0.2) is 0 Å². The van der Waals surface area contributed by atoms with Gasteiger partial charge in [0.2, 0.25) is 5.13 Å². The highest BCUT2D eigenvalue weighted by atomic mass is 32.2. The van der Waals surface area contributed by atoms with Crippen LogP contribution in [0.1, 0.15) is 0 Å². The second kappa shape index (κ2) is 6.02. The number of aromatic nitrogens is 2. The van der Waals surface area contributed by atoms with Crippen LogP contribution < -0.4 is 5.32 Å². The Morgan fingerprint density at radius 1 is 1.75 bits per heavy atom. The van der Waals surface area contributed by atoms with E-state index in [1.807, 2.05) is 17.8 Å².